The van der Waals surface area contributed by atoms with Gasteiger partial charge in [0, 0.05) is 46.4 Å². The fourth-order valence-corrected chi connectivity index (χ4v) is 7.42. The Morgan fingerprint density at radius 2 is 1.98 bits per heavy atom. The molecule has 2 aromatic carbocycles. The summed E-state index contributed by atoms with van der Waals surface area (Å²) in [6.45, 7) is 9.36. The van der Waals surface area contributed by atoms with Gasteiger partial charge in [0.25, 0.3) is 0 Å². The third kappa shape index (κ3) is 5.17. The number of imidazole rings is 1. The molecule has 3 atom stereocenters. The first-order chi connectivity index (χ1) is 22.5. The van der Waals surface area contributed by atoms with Gasteiger partial charge in [-0.2, -0.15) is 5.10 Å². The van der Waals surface area contributed by atoms with Crippen molar-refractivity contribution in [1.29, 1.82) is 0 Å². The first-order valence-corrected chi connectivity index (χ1v) is 16.1. The van der Waals surface area contributed by atoms with Crippen molar-refractivity contribution in [3.63, 3.8) is 0 Å². The minimum Gasteiger partial charge on any atom is -0.490 e. The van der Waals surface area contributed by atoms with Gasteiger partial charge in [0.1, 0.15) is 35.4 Å². The number of hydrogen-bond donors (Lipinski definition) is 1. The van der Waals surface area contributed by atoms with Gasteiger partial charge in [-0.25, -0.2) is 18.7 Å². The molecule has 47 heavy (non-hydrogen) atoms. The quantitative estimate of drug-likeness (QED) is 0.188. The molecule has 0 unspecified atom stereocenters. The predicted octanol–water partition coefficient (Wildman–Crippen LogP) is 6.90. The van der Waals surface area contributed by atoms with Gasteiger partial charge in [-0.15, -0.1) is 11.3 Å². The van der Waals surface area contributed by atoms with E-state index in [1.54, 1.807) is 11.2 Å². The molecule has 1 aliphatic heterocycles. The van der Waals surface area contributed by atoms with E-state index in [1.165, 1.54) is 24.3 Å². The van der Waals surface area contributed by atoms with Crippen LogP contribution in [0.1, 0.15) is 32.5 Å². The third-order valence-electron chi connectivity index (χ3n) is 8.60. The molecule has 6 aromatic rings. The van der Waals surface area contributed by atoms with Crippen molar-refractivity contribution in [2.45, 2.75) is 45.5 Å². The number of benzene rings is 2. The molecule has 0 aliphatic carbocycles. The van der Waals surface area contributed by atoms with Gasteiger partial charge in [0.05, 0.1) is 53.0 Å². The van der Waals surface area contributed by atoms with Crippen molar-refractivity contribution in [3.05, 3.63) is 84.2 Å². The average Bonchev–Trinajstić information content (AvgIpc) is 3.78. The van der Waals surface area contributed by atoms with Crippen LogP contribution in [0, 0.1) is 11.6 Å². The zero-order valence-corrected chi connectivity index (χ0v) is 27.1. The average molecular weight is 655 g/mol. The van der Waals surface area contributed by atoms with E-state index in [0.29, 0.717) is 33.9 Å². The fourth-order valence-electron chi connectivity index (χ4n) is 6.47. The number of pyridine rings is 1. The Kier molecular flexibility index (Phi) is 7.64. The lowest BCUT2D eigenvalue weighted by Crippen LogP contribution is -2.46. The maximum atomic E-state index is 16.1. The van der Waals surface area contributed by atoms with Gasteiger partial charge in [0.15, 0.2) is 0 Å². The molecule has 12 heteroatoms. The summed E-state index contributed by atoms with van der Waals surface area (Å²) < 4.78 is 41.0. The lowest BCUT2D eigenvalue weighted by molar-refractivity contribution is -0.131. The van der Waals surface area contributed by atoms with Crippen LogP contribution in [-0.4, -0.2) is 59.0 Å². The Bertz CT molecular complexity index is 2200. The first-order valence-electron chi connectivity index (χ1n) is 15.2. The summed E-state index contributed by atoms with van der Waals surface area (Å²) in [5.41, 5.74) is 5.25. The molecule has 0 saturated carbocycles. The Hall–Kier alpha value is -4.94. The number of hydrogen-bond acceptors (Lipinski definition) is 7. The summed E-state index contributed by atoms with van der Waals surface area (Å²) in [5.74, 6) is -1.88. The predicted molar refractivity (Wildman–Crippen MR) is 178 cm³/mol. The molecular weight excluding hydrogens is 622 g/mol. The first kappa shape index (κ1) is 30.7. The molecule has 1 N–H and O–H groups in total. The smallest absolute Gasteiger partial charge is 0.246 e. The summed E-state index contributed by atoms with van der Waals surface area (Å²) in [4.78, 5) is 24.3. The number of aryl methyl sites for hydroxylation is 1. The van der Waals surface area contributed by atoms with Crippen molar-refractivity contribution in [1.82, 2.24) is 29.2 Å². The maximum absolute atomic E-state index is 16.1. The highest BCUT2D eigenvalue weighted by atomic mass is 32.1. The Morgan fingerprint density at radius 1 is 1.17 bits per heavy atom. The number of aromatic nitrogens is 5. The summed E-state index contributed by atoms with van der Waals surface area (Å²) >= 11 is 1.40. The normalized spacial score (nSPS) is 16.9. The number of rotatable bonds is 7. The Morgan fingerprint density at radius 3 is 2.74 bits per heavy atom. The van der Waals surface area contributed by atoms with E-state index in [9.17, 15) is 14.3 Å². The minimum atomic E-state index is -0.873. The van der Waals surface area contributed by atoms with Crippen molar-refractivity contribution in [2.24, 2.45) is 7.05 Å². The zero-order valence-electron chi connectivity index (χ0n) is 26.2. The second kappa shape index (κ2) is 11.7. The molecule has 4 aromatic heterocycles. The molecular formula is C35H32F2N6O3S. The van der Waals surface area contributed by atoms with Crippen LogP contribution in [-0.2, 0) is 18.4 Å². The number of thiophene rings is 1. The molecule has 0 radical (unpaired) electrons. The standard InChI is InChI=1S/C35H32F2N6O3S/c1-6-30(45)43-18(2)15-42-28(20(43)4)14-26(40-42)34-32(31-24(37)12-22(36)13-29(31)46-16-19(3)44)35-23(9-10-47-35)33(39-34)21-7-8-27-25(11-21)38-17-41(27)5/h6-14,17-20,44H,1,15-16H2,2-5H3/t18-,19-,20+/m1/s1. The molecule has 9 nitrogen and oxygen atoms in total. The maximum Gasteiger partial charge on any atom is 0.246 e. The number of carbonyl (C=O) groups is 1. The number of fused-ring (bicyclic) bond motifs is 3. The molecule has 1 amide bonds. The van der Waals surface area contributed by atoms with Crippen LogP contribution in [0.2, 0.25) is 0 Å². The zero-order chi connectivity index (χ0) is 33.1. The van der Waals surface area contributed by atoms with E-state index < -0.39 is 17.7 Å². The number of aliphatic hydroxyl groups excluding tert-OH is 1. The summed E-state index contributed by atoms with van der Waals surface area (Å²) in [6, 6.07) is 11.2. The molecule has 5 heterocycles. The van der Waals surface area contributed by atoms with E-state index in [4.69, 9.17) is 14.8 Å². The second-order valence-electron chi connectivity index (χ2n) is 11.9. The highest BCUT2D eigenvalue weighted by molar-refractivity contribution is 7.18. The fraction of sp³-hybridized carbons (Fsp3) is 0.257. The molecule has 7 rings (SSSR count). The summed E-state index contributed by atoms with van der Waals surface area (Å²) in [7, 11) is 1.93. The number of ether oxygens (including phenoxy) is 1. The van der Waals surface area contributed by atoms with Crippen molar-refractivity contribution in [2.75, 3.05) is 6.61 Å². The van der Waals surface area contributed by atoms with E-state index in [1.807, 2.05) is 65.9 Å². The molecule has 1 aliphatic rings. The summed E-state index contributed by atoms with van der Waals surface area (Å²) in [5, 5.41) is 17.6. The van der Waals surface area contributed by atoms with Crippen molar-refractivity contribution in [3.8, 4) is 39.5 Å². The van der Waals surface area contributed by atoms with Crippen LogP contribution in [0.5, 0.6) is 5.75 Å². The number of aliphatic hydroxyl groups is 1. The highest BCUT2D eigenvalue weighted by Crippen LogP contribution is 2.47. The SMILES string of the molecule is C=CC(=O)N1[C@H](C)Cn2nc(-c3nc(-c4ccc5c(c4)ncn5C)c4ccsc4c3-c3c(F)cc(F)cc3OC[C@@H](C)O)cc2[C@@H]1C. The van der Waals surface area contributed by atoms with Gasteiger partial charge in [0.2, 0.25) is 5.91 Å². The van der Waals surface area contributed by atoms with E-state index in [0.717, 1.165) is 39.8 Å². The Labute approximate surface area is 273 Å². The lowest BCUT2D eigenvalue weighted by atomic mass is 9.96. The van der Waals surface area contributed by atoms with Gasteiger partial charge in [-0.1, -0.05) is 12.6 Å². The number of halogens is 2. The van der Waals surface area contributed by atoms with Crippen LogP contribution in [0.25, 0.3) is 54.9 Å². The second-order valence-corrected chi connectivity index (χ2v) is 12.9. The van der Waals surface area contributed by atoms with Crippen molar-refractivity contribution < 1.29 is 23.4 Å². The molecule has 0 fully saturated rings. The van der Waals surface area contributed by atoms with E-state index in [2.05, 4.69) is 11.6 Å². The van der Waals surface area contributed by atoms with Crippen LogP contribution < -0.4 is 4.74 Å². The van der Waals surface area contributed by atoms with Gasteiger partial charge in [-0.3, -0.25) is 9.48 Å². The third-order valence-corrected chi connectivity index (χ3v) is 9.53. The van der Waals surface area contributed by atoms with Gasteiger partial charge in [-0.05, 0) is 56.5 Å². The summed E-state index contributed by atoms with van der Waals surface area (Å²) in [6.07, 6.45) is 2.18. The molecule has 240 valence electrons. The minimum absolute atomic E-state index is 0.0181. The topological polar surface area (TPSA) is 98.3 Å². The monoisotopic (exact) mass is 654 g/mol. The van der Waals surface area contributed by atoms with E-state index >= 15 is 4.39 Å². The van der Waals surface area contributed by atoms with E-state index in [-0.39, 0.29) is 35.9 Å². The largest absolute Gasteiger partial charge is 0.490 e. The lowest BCUT2D eigenvalue weighted by Gasteiger charge is -2.38. The van der Waals surface area contributed by atoms with Crippen LogP contribution >= 0.6 is 11.3 Å². The van der Waals surface area contributed by atoms with Gasteiger partial charge >= 0.3 is 0 Å². The number of amides is 1. The van der Waals surface area contributed by atoms with Crippen LogP contribution in [0.3, 0.4) is 0 Å². The van der Waals surface area contributed by atoms with Crippen molar-refractivity contribution >= 4 is 38.4 Å². The number of carbonyl (C=O) groups excluding carboxylic acids is 1. The van der Waals surface area contributed by atoms with Gasteiger partial charge < -0.3 is 19.3 Å². The Balaban J connectivity index is 1.52. The molecule has 0 bridgehead atoms. The molecule has 0 saturated heterocycles. The van der Waals surface area contributed by atoms with Crippen LogP contribution in [0.4, 0.5) is 8.78 Å². The van der Waals surface area contributed by atoms with Crippen LogP contribution in [0.15, 0.2) is 66.8 Å². The molecule has 0 spiro atoms. The highest BCUT2D eigenvalue weighted by Gasteiger charge is 2.34. The number of nitrogens with zero attached hydrogens (tertiary/aromatic N) is 6.